The van der Waals surface area contributed by atoms with Crippen LogP contribution in [0.2, 0.25) is 0 Å². The van der Waals surface area contributed by atoms with E-state index < -0.39 is 60.9 Å². The van der Waals surface area contributed by atoms with Crippen molar-refractivity contribution in [1.29, 1.82) is 0 Å². The Morgan fingerprint density at radius 2 is 1.07 bits per heavy atom. The molecule has 0 saturated carbocycles. The molecule has 1 saturated heterocycles. The molecule has 0 radical (unpaired) electrons. The first kappa shape index (κ1) is 48.7. The fourth-order valence-electron chi connectivity index (χ4n) is 5.48. The standard InChI is InChI=1S/C14H17F3O2S.C13H16F3NO2S.C13H18O2S/c1-12-6-8-13(9-7-12)20(18,19)11-5-3-2-4-10-14(15,16)17;1-10-4-6-12(7-5-10)20(18,19)17-8-2-3-11(17)9-13(14,15)16;1-3-4-5-6-11-16(14,15)13-9-7-12(2)8-10-13/h2,4,6-9H,3,5,10-11H2,1H3;4-7,11H,2-3,8-9H2,1H3;3,7-10H,1,4-6,11H2,2H3/b4-2+;;. The fourth-order valence-corrected chi connectivity index (χ4v) is 9.87. The average Bonchev–Trinajstić information content (AvgIpc) is 3.57. The number of rotatable bonds is 15. The molecule has 0 N–H and O–H groups in total. The van der Waals surface area contributed by atoms with Crippen molar-refractivity contribution in [3.8, 4) is 0 Å². The molecule has 1 aliphatic heterocycles. The monoisotopic (exact) mass is 851 g/mol. The number of hydrogen-bond donors (Lipinski definition) is 0. The Labute approximate surface area is 328 Å². The molecule has 4 rings (SSSR count). The zero-order valence-electron chi connectivity index (χ0n) is 31.8. The van der Waals surface area contributed by atoms with E-state index in [1.54, 1.807) is 48.5 Å². The highest BCUT2D eigenvalue weighted by atomic mass is 32.2. The quantitative estimate of drug-likeness (QED) is 0.0857. The van der Waals surface area contributed by atoms with Gasteiger partial charge in [0.15, 0.2) is 19.7 Å². The number of benzene rings is 3. The van der Waals surface area contributed by atoms with Gasteiger partial charge in [-0.3, -0.25) is 0 Å². The highest BCUT2D eigenvalue weighted by Crippen LogP contribution is 2.33. The van der Waals surface area contributed by atoms with Crippen LogP contribution in [0.25, 0.3) is 0 Å². The third kappa shape index (κ3) is 17.8. The lowest BCUT2D eigenvalue weighted by Gasteiger charge is -2.25. The van der Waals surface area contributed by atoms with Crippen molar-refractivity contribution >= 4 is 29.7 Å². The van der Waals surface area contributed by atoms with Crippen LogP contribution in [0.4, 0.5) is 26.3 Å². The Morgan fingerprint density at radius 3 is 1.50 bits per heavy atom. The zero-order valence-corrected chi connectivity index (χ0v) is 34.3. The molecule has 0 amide bonds. The van der Waals surface area contributed by atoms with Crippen molar-refractivity contribution in [2.24, 2.45) is 0 Å². The molecule has 1 unspecified atom stereocenters. The lowest BCUT2D eigenvalue weighted by molar-refractivity contribution is -0.142. The third-order valence-electron chi connectivity index (χ3n) is 8.55. The van der Waals surface area contributed by atoms with Crippen LogP contribution in [0.3, 0.4) is 0 Å². The maximum Gasteiger partial charge on any atom is 0.392 e. The summed E-state index contributed by atoms with van der Waals surface area (Å²) in [6.07, 6.45) is -2.59. The van der Waals surface area contributed by atoms with Crippen LogP contribution >= 0.6 is 0 Å². The van der Waals surface area contributed by atoms with Gasteiger partial charge in [0.25, 0.3) is 0 Å². The number of sulfonamides is 1. The van der Waals surface area contributed by atoms with Crippen molar-refractivity contribution in [3.05, 3.63) is 114 Å². The second kappa shape index (κ2) is 21.9. The third-order valence-corrected chi connectivity index (χ3v) is 14.1. The van der Waals surface area contributed by atoms with Crippen LogP contribution in [0.15, 0.2) is 112 Å². The van der Waals surface area contributed by atoms with E-state index in [2.05, 4.69) is 6.58 Å². The molecule has 312 valence electrons. The predicted molar refractivity (Wildman–Crippen MR) is 208 cm³/mol. The van der Waals surface area contributed by atoms with Crippen molar-refractivity contribution in [2.75, 3.05) is 18.1 Å². The van der Waals surface area contributed by atoms with Crippen LogP contribution in [-0.2, 0) is 29.7 Å². The summed E-state index contributed by atoms with van der Waals surface area (Å²) in [6, 6.07) is 18.7. The second-order valence-electron chi connectivity index (χ2n) is 13.5. The molecule has 0 spiro atoms. The summed E-state index contributed by atoms with van der Waals surface area (Å²) < 4.78 is 147. The lowest BCUT2D eigenvalue weighted by atomic mass is 10.1. The lowest BCUT2D eigenvalue weighted by Crippen LogP contribution is -2.38. The summed E-state index contributed by atoms with van der Waals surface area (Å²) in [6.45, 7) is 9.39. The molecule has 0 aromatic heterocycles. The Bertz CT molecular complexity index is 2010. The summed E-state index contributed by atoms with van der Waals surface area (Å²) in [7, 11) is -10.3. The Morgan fingerprint density at radius 1 is 0.625 bits per heavy atom. The minimum absolute atomic E-state index is 0.0529. The van der Waals surface area contributed by atoms with Gasteiger partial charge in [-0.15, -0.1) is 6.58 Å². The van der Waals surface area contributed by atoms with E-state index >= 15 is 0 Å². The van der Waals surface area contributed by atoms with Gasteiger partial charge < -0.3 is 0 Å². The van der Waals surface area contributed by atoms with Gasteiger partial charge in [0.05, 0.1) is 39.0 Å². The largest absolute Gasteiger partial charge is 0.392 e. The van der Waals surface area contributed by atoms with Crippen molar-refractivity contribution in [3.63, 3.8) is 0 Å². The molecule has 3 aromatic rings. The molecule has 0 bridgehead atoms. The van der Waals surface area contributed by atoms with Gasteiger partial charge in [-0.05, 0) is 102 Å². The second-order valence-corrected chi connectivity index (χ2v) is 19.6. The molecule has 3 aromatic carbocycles. The van der Waals surface area contributed by atoms with Crippen LogP contribution < -0.4 is 0 Å². The number of nitrogens with zero attached hydrogens (tertiary/aromatic N) is 1. The van der Waals surface area contributed by atoms with Gasteiger partial charge in [0.1, 0.15) is 0 Å². The number of alkyl halides is 6. The minimum Gasteiger partial charge on any atom is -0.224 e. The van der Waals surface area contributed by atoms with E-state index in [1.807, 2.05) is 39.0 Å². The van der Waals surface area contributed by atoms with Crippen molar-refractivity contribution in [2.45, 2.75) is 112 Å². The van der Waals surface area contributed by atoms with Crippen LogP contribution in [0.5, 0.6) is 0 Å². The van der Waals surface area contributed by atoms with Gasteiger partial charge in [0.2, 0.25) is 10.0 Å². The van der Waals surface area contributed by atoms with E-state index in [0.29, 0.717) is 30.6 Å². The highest BCUT2D eigenvalue weighted by molar-refractivity contribution is 7.91. The van der Waals surface area contributed by atoms with Crippen molar-refractivity contribution < 1.29 is 51.6 Å². The summed E-state index contributed by atoms with van der Waals surface area (Å²) in [5, 5.41) is 0. The van der Waals surface area contributed by atoms with E-state index in [1.165, 1.54) is 18.2 Å². The number of sulfone groups is 2. The molecular weight excluding hydrogens is 801 g/mol. The van der Waals surface area contributed by atoms with Gasteiger partial charge >= 0.3 is 12.4 Å². The molecular formula is C40H51F6NO6S3. The SMILES string of the molecule is C=CCCCCS(=O)(=O)c1ccc(C)cc1.Cc1ccc(S(=O)(=O)CCC/C=C/CC(F)(F)F)cc1.Cc1ccc(S(=O)(=O)N2CCCC2CC(F)(F)F)cc1. The summed E-state index contributed by atoms with van der Waals surface area (Å²) in [5.41, 5.74) is 2.95. The van der Waals surface area contributed by atoms with Crippen LogP contribution in [0, 0.1) is 20.8 Å². The van der Waals surface area contributed by atoms with Crippen LogP contribution in [0.1, 0.15) is 74.5 Å². The Hall–Kier alpha value is -3.47. The Balaban J connectivity index is 0.000000292. The van der Waals surface area contributed by atoms with Gasteiger partial charge in [0, 0.05) is 12.6 Å². The molecule has 1 atom stereocenters. The Kier molecular flexibility index (Phi) is 19.0. The molecule has 7 nitrogen and oxygen atoms in total. The first-order valence-corrected chi connectivity index (χ1v) is 22.8. The first-order valence-electron chi connectivity index (χ1n) is 18.0. The van der Waals surface area contributed by atoms with E-state index in [0.717, 1.165) is 39.9 Å². The number of halogens is 6. The maximum absolute atomic E-state index is 12.5. The van der Waals surface area contributed by atoms with Crippen molar-refractivity contribution in [1.82, 2.24) is 4.31 Å². The van der Waals surface area contributed by atoms with Crippen LogP contribution in [-0.4, -0.2) is 66.0 Å². The number of allylic oxidation sites excluding steroid dienone is 3. The minimum atomic E-state index is -4.35. The first-order chi connectivity index (χ1) is 26.0. The van der Waals surface area contributed by atoms with Gasteiger partial charge in [-0.1, -0.05) is 71.3 Å². The molecule has 1 heterocycles. The zero-order chi connectivity index (χ0) is 42.2. The van der Waals surface area contributed by atoms with E-state index in [9.17, 15) is 51.6 Å². The normalized spacial score (nSPS) is 15.5. The summed E-state index contributed by atoms with van der Waals surface area (Å²) in [4.78, 5) is 0.733. The molecule has 56 heavy (non-hydrogen) atoms. The van der Waals surface area contributed by atoms with E-state index in [-0.39, 0.29) is 34.3 Å². The molecule has 0 aliphatic carbocycles. The highest BCUT2D eigenvalue weighted by Gasteiger charge is 2.42. The average molecular weight is 852 g/mol. The summed E-state index contributed by atoms with van der Waals surface area (Å²) in [5.74, 6) is 0.163. The summed E-state index contributed by atoms with van der Waals surface area (Å²) >= 11 is 0. The van der Waals surface area contributed by atoms with Gasteiger partial charge in [-0.25, -0.2) is 25.3 Å². The van der Waals surface area contributed by atoms with Gasteiger partial charge in [-0.2, -0.15) is 30.6 Å². The maximum atomic E-state index is 12.5. The smallest absolute Gasteiger partial charge is 0.224 e. The molecule has 1 aliphatic rings. The molecule has 1 fully saturated rings. The number of hydrogen-bond acceptors (Lipinski definition) is 6. The van der Waals surface area contributed by atoms with E-state index in [4.69, 9.17) is 0 Å². The number of unbranched alkanes of at least 4 members (excludes halogenated alkanes) is 3. The topological polar surface area (TPSA) is 106 Å². The predicted octanol–water partition coefficient (Wildman–Crippen LogP) is 10.3. The fraction of sp³-hybridized carbons (Fsp3) is 0.450. The molecule has 16 heteroatoms. The number of aryl methyl sites for hydroxylation is 3.